The van der Waals surface area contributed by atoms with Gasteiger partial charge in [-0.1, -0.05) is 206 Å². The maximum absolute atomic E-state index is 12.7. The smallest absolute Gasteiger partial charge is 0.220 e. The summed E-state index contributed by atoms with van der Waals surface area (Å²) in [5.41, 5.74) is 15.7. The maximum atomic E-state index is 12.7. The second-order valence-electron chi connectivity index (χ2n) is 20.5. The summed E-state index contributed by atoms with van der Waals surface area (Å²) in [6, 6.07) is 93.4. The number of thiophene rings is 2. The second kappa shape index (κ2) is 18.1. The number of benzene rings is 12. The largest absolute Gasteiger partial charge is 0.318 e. The van der Waals surface area contributed by atoms with Gasteiger partial charge in [0.1, 0.15) is 6.07 Å². The summed E-state index contributed by atoms with van der Waals surface area (Å²) >= 11 is 3.60. The van der Waals surface area contributed by atoms with Crippen molar-refractivity contribution < 1.29 is 0 Å². The van der Waals surface area contributed by atoms with Crippen molar-refractivity contribution >= 4 is 112 Å². The van der Waals surface area contributed by atoms with E-state index in [1.54, 1.807) is 22.7 Å². The Bertz CT molecular complexity index is 5190. The molecule has 0 saturated carbocycles. The molecule has 0 spiro atoms. The van der Waals surface area contributed by atoms with E-state index in [1.807, 2.05) is 18.2 Å². The Labute approximate surface area is 468 Å². The van der Waals surface area contributed by atoms with Crippen LogP contribution in [0, 0.1) is 17.9 Å². The Kier molecular flexibility index (Phi) is 10.4. The first kappa shape index (κ1) is 45.8. The van der Waals surface area contributed by atoms with Crippen molar-refractivity contribution in [3.63, 3.8) is 0 Å². The van der Waals surface area contributed by atoms with Crippen LogP contribution in [0.3, 0.4) is 0 Å². The van der Waals surface area contributed by atoms with Gasteiger partial charge in [-0.05, 0) is 93.0 Å². The molecule has 0 fully saturated rings. The van der Waals surface area contributed by atoms with Gasteiger partial charge in [0.15, 0.2) is 0 Å². The van der Waals surface area contributed by atoms with Gasteiger partial charge in [-0.25, -0.2) is 4.85 Å². The van der Waals surface area contributed by atoms with E-state index >= 15 is 0 Å². The Morgan fingerprint density at radius 1 is 0.338 bits per heavy atom. The third-order valence-electron chi connectivity index (χ3n) is 16.1. The van der Waals surface area contributed by atoms with Gasteiger partial charge in [0.25, 0.3) is 0 Å². The molecule has 6 heteroatoms. The molecule has 0 aliphatic carbocycles. The summed E-state index contributed by atoms with van der Waals surface area (Å²) in [6.45, 7) is 9.68. The van der Waals surface area contributed by atoms with Crippen LogP contribution in [0.15, 0.2) is 255 Å². The highest BCUT2D eigenvalue weighted by Gasteiger charge is 2.33. The number of hydrogen-bond acceptors (Lipinski definition) is 3. The van der Waals surface area contributed by atoms with Crippen LogP contribution in [0.1, 0.15) is 5.56 Å². The fourth-order valence-electron chi connectivity index (χ4n) is 12.7. The third-order valence-corrected chi connectivity index (χ3v) is 18.5. The minimum absolute atomic E-state index is 0.396. The lowest BCUT2D eigenvalue weighted by molar-refractivity contribution is 1.14. The number of hydrogen-bond donors (Lipinski definition) is 0. The highest BCUT2D eigenvalue weighted by molar-refractivity contribution is 7.27. The van der Waals surface area contributed by atoms with Gasteiger partial charge in [0.2, 0.25) is 5.69 Å². The number of aromatic nitrogens is 2. The quantitative estimate of drug-likeness (QED) is 0.147. The van der Waals surface area contributed by atoms with Crippen LogP contribution in [-0.2, 0) is 0 Å². The molecule has 0 amide bonds. The molecule has 16 rings (SSSR count). The number of fused-ring (bicyclic) bond motifs is 14. The van der Waals surface area contributed by atoms with Gasteiger partial charge in [-0.2, -0.15) is 5.26 Å². The topological polar surface area (TPSA) is 38.0 Å². The first-order valence-electron chi connectivity index (χ1n) is 26.7. The van der Waals surface area contributed by atoms with Crippen molar-refractivity contribution in [1.29, 1.82) is 5.26 Å². The third kappa shape index (κ3) is 6.84. The summed E-state index contributed by atoms with van der Waals surface area (Å²) in [7, 11) is 0. The summed E-state index contributed by atoms with van der Waals surface area (Å²) in [5, 5.41) is 21.7. The van der Waals surface area contributed by atoms with E-state index in [0.29, 0.717) is 22.5 Å². The molecule has 12 aromatic carbocycles. The Morgan fingerprint density at radius 2 is 0.787 bits per heavy atom. The summed E-state index contributed by atoms with van der Waals surface area (Å²) < 4.78 is 9.42. The number of nitriles is 1. The molecular weight excluding hydrogens is 1010 g/mol. The molecule has 0 atom stereocenters. The van der Waals surface area contributed by atoms with Gasteiger partial charge >= 0.3 is 0 Å². The number of rotatable bonds is 7. The van der Waals surface area contributed by atoms with Crippen molar-refractivity contribution in [3.05, 3.63) is 272 Å². The minimum Gasteiger partial charge on any atom is -0.318 e. The molecule has 0 saturated heterocycles. The molecule has 4 nitrogen and oxygen atoms in total. The van der Waals surface area contributed by atoms with Gasteiger partial charge in [0, 0.05) is 63.6 Å². The molecule has 0 unspecified atom stereocenters. The van der Waals surface area contributed by atoms with Gasteiger partial charge in [0.05, 0.1) is 55.0 Å². The second-order valence-corrected chi connectivity index (χ2v) is 22.6. The minimum atomic E-state index is 0.396. The van der Waals surface area contributed by atoms with Gasteiger partial charge in [-0.3, -0.25) is 0 Å². The highest BCUT2D eigenvalue weighted by Crippen LogP contribution is 2.55. The molecule has 16 aromatic rings. The SMILES string of the molecule is [C-]#[N+]c1c(-c2cc(-c3ccccc3)cc(-c3ccccc3)c2)c(C#N)c(-n2c3c(ccc4c5ccccc5sc43)c3ccc4c5cc(-c6ccccc6)ccc5sc4c32)c(-c2ccccc2)c1-n1c2ccccc2c2ccccc21. The van der Waals surface area contributed by atoms with Crippen molar-refractivity contribution in [1.82, 2.24) is 9.13 Å². The molecule has 4 aromatic heterocycles. The molecular formula is C74H42N4S2. The van der Waals surface area contributed by atoms with E-state index < -0.39 is 0 Å². The van der Waals surface area contributed by atoms with Gasteiger partial charge < -0.3 is 9.13 Å². The lowest BCUT2D eigenvalue weighted by Crippen LogP contribution is -2.09. The molecule has 0 aliphatic rings. The van der Waals surface area contributed by atoms with Gasteiger partial charge in [-0.15, -0.1) is 22.7 Å². The monoisotopic (exact) mass is 1050 g/mol. The van der Waals surface area contributed by atoms with Crippen molar-refractivity contribution in [2.75, 3.05) is 0 Å². The van der Waals surface area contributed by atoms with Crippen molar-refractivity contribution in [2.45, 2.75) is 0 Å². The molecule has 0 aliphatic heterocycles. The van der Waals surface area contributed by atoms with E-state index in [4.69, 9.17) is 4.85 Å². The predicted octanol–water partition coefficient (Wildman–Crippen LogP) is 21.4. The first-order valence-corrected chi connectivity index (χ1v) is 28.4. The Hall–Kier alpha value is -10.3. The predicted molar refractivity (Wildman–Crippen MR) is 339 cm³/mol. The standard InChI is InChI=1S/C74H42N4S2/c1-76-68-66(52-41-50(46-22-8-3-9-23-46)40-51(42-52)47-24-10-4-11-25-47)61(44-75)69(67(48-26-12-5-13-27-48)72(68)77-62-31-17-14-28-53(62)54-29-15-18-32-63(54)77)78-70-56(35-37-58-55-30-16-19-33-64(55)79-73(58)70)57-36-38-59-60-43-49(45-20-6-2-7-21-45)34-39-65(60)80-74(59)71(57)78/h2-43H. The van der Waals surface area contributed by atoms with Crippen LogP contribution < -0.4 is 0 Å². The van der Waals surface area contributed by atoms with Crippen LogP contribution in [0.2, 0.25) is 0 Å². The lowest BCUT2D eigenvalue weighted by atomic mass is 9.86. The Morgan fingerprint density at radius 3 is 1.34 bits per heavy atom. The highest BCUT2D eigenvalue weighted by atomic mass is 32.1. The lowest BCUT2D eigenvalue weighted by Gasteiger charge is -2.26. The zero-order chi connectivity index (χ0) is 53.0. The van der Waals surface area contributed by atoms with E-state index in [0.717, 1.165) is 114 Å². The average molecular weight is 1050 g/mol. The van der Waals surface area contributed by atoms with Crippen LogP contribution >= 0.6 is 22.7 Å². The van der Waals surface area contributed by atoms with Crippen LogP contribution in [0.25, 0.3) is 156 Å². The zero-order valence-electron chi connectivity index (χ0n) is 42.9. The summed E-state index contributed by atoms with van der Waals surface area (Å²) in [6.07, 6.45) is 0. The van der Waals surface area contributed by atoms with E-state index in [1.165, 1.54) is 25.7 Å². The zero-order valence-corrected chi connectivity index (χ0v) is 44.5. The number of nitrogens with zero attached hydrogens (tertiary/aromatic N) is 4. The molecule has 0 bridgehead atoms. The fourth-order valence-corrected chi connectivity index (χ4v) is 15.1. The van der Waals surface area contributed by atoms with Crippen molar-refractivity contribution in [2.24, 2.45) is 0 Å². The van der Waals surface area contributed by atoms with E-state index in [2.05, 4.69) is 252 Å². The first-order chi connectivity index (χ1) is 39.6. The van der Waals surface area contributed by atoms with E-state index in [9.17, 15) is 11.8 Å². The molecule has 4 heterocycles. The summed E-state index contributed by atoms with van der Waals surface area (Å²) in [4.78, 5) is 4.73. The molecule has 370 valence electrons. The van der Waals surface area contributed by atoms with Crippen LogP contribution in [-0.4, -0.2) is 9.13 Å². The van der Waals surface area contributed by atoms with E-state index in [-0.39, 0.29) is 0 Å². The summed E-state index contributed by atoms with van der Waals surface area (Å²) in [5.74, 6) is 0. The van der Waals surface area contributed by atoms with Crippen LogP contribution in [0.4, 0.5) is 5.69 Å². The van der Waals surface area contributed by atoms with Crippen LogP contribution in [0.5, 0.6) is 0 Å². The van der Waals surface area contributed by atoms with Crippen molar-refractivity contribution in [3.8, 4) is 73.1 Å². The fraction of sp³-hybridized carbons (Fsp3) is 0. The molecule has 80 heavy (non-hydrogen) atoms. The Balaban J connectivity index is 1.17. The maximum Gasteiger partial charge on any atom is 0.220 e. The molecule has 0 radical (unpaired) electrons. The molecule has 0 N–H and O–H groups in total. The number of para-hydroxylation sites is 2. The normalized spacial score (nSPS) is 11.7. The average Bonchev–Trinajstić information content (AvgIpc) is 4.32.